The van der Waals surface area contributed by atoms with E-state index in [4.69, 9.17) is 9.47 Å². The number of alkyl halides is 3. The summed E-state index contributed by atoms with van der Waals surface area (Å²) in [4.78, 5) is 11.4. The minimum Gasteiger partial charge on any atom is -0.497 e. The van der Waals surface area contributed by atoms with Crippen molar-refractivity contribution in [1.82, 2.24) is 0 Å². The van der Waals surface area contributed by atoms with Gasteiger partial charge in [0.05, 0.1) is 19.1 Å². The van der Waals surface area contributed by atoms with Crippen LogP contribution in [0.25, 0.3) is 16.0 Å². The molecule has 2 aromatic carbocycles. The van der Waals surface area contributed by atoms with Gasteiger partial charge in [-0.05, 0) is 66.0 Å². The molecule has 1 fully saturated rings. The van der Waals surface area contributed by atoms with E-state index in [0.29, 0.717) is 17.4 Å². The van der Waals surface area contributed by atoms with Gasteiger partial charge < -0.3 is 14.6 Å². The van der Waals surface area contributed by atoms with Crippen molar-refractivity contribution in [2.45, 2.75) is 38.0 Å². The highest BCUT2D eigenvalue weighted by molar-refractivity contribution is 7.14. The fourth-order valence-electron chi connectivity index (χ4n) is 4.22. The van der Waals surface area contributed by atoms with Crippen LogP contribution in [0.4, 0.5) is 17.6 Å². The van der Waals surface area contributed by atoms with Gasteiger partial charge in [0.15, 0.2) is 0 Å². The lowest BCUT2D eigenvalue weighted by Crippen LogP contribution is -2.12. The summed E-state index contributed by atoms with van der Waals surface area (Å²) in [5.41, 5.74) is -0.300. The van der Waals surface area contributed by atoms with E-state index in [2.05, 4.69) is 6.58 Å². The molecule has 36 heavy (non-hydrogen) atoms. The molecule has 190 valence electrons. The standard InChI is InChI=1S/C27H24F4O4S/c1-15(27(29,30)31)25-18(14-36-26(25)22-11-19(34-2)8-9-23(22)28)13-35-20-5-3-4-17(10-20)21(12-24(32)33)16-6-7-16/h3-5,8-11,14,16,21H,1,6-7,12-13H2,2H3,(H,32,33)/t21-/m0/s1. The van der Waals surface area contributed by atoms with Crippen LogP contribution in [0, 0.1) is 11.7 Å². The summed E-state index contributed by atoms with van der Waals surface area (Å²) < 4.78 is 66.8. The Bertz CT molecular complexity index is 1280. The maximum absolute atomic E-state index is 14.6. The van der Waals surface area contributed by atoms with Crippen LogP contribution in [-0.2, 0) is 11.4 Å². The highest BCUT2D eigenvalue weighted by Gasteiger charge is 2.37. The Hall–Kier alpha value is -3.33. The Morgan fingerprint density at radius 3 is 2.58 bits per heavy atom. The van der Waals surface area contributed by atoms with Gasteiger partial charge in [-0.1, -0.05) is 18.7 Å². The lowest BCUT2D eigenvalue weighted by molar-refractivity contribution is -0.137. The number of carbonyl (C=O) groups is 1. The quantitative estimate of drug-likeness (QED) is 0.279. The van der Waals surface area contributed by atoms with E-state index < -0.39 is 23.5 Å². The average molecular weight is 521 g/mol. The van der Waals surface area contributed by atoms with Crippen molar-refractivity contribution in [2.75, 3.05) is 7.11 Å². The van der Waals surface area contributed by atoms with Crippen LogP contribution < -0.4 is 9.47 Å². The van der Waals surface area contributed by atoms with E-state index in [1.165, 1.54) is 24.6 Å². The number of thiophene rings is 1. The molecule has 0 amide bonds. The van der Waals surface area contributed by atoms with Gasteiger partial charge in [0, 0.05) is 21.6 Å². The van der Waals surface area contributed by atoms with Crippen LogP contribution in [0.15, 0.2) is 54.4 Å². The molecule has 0 bridgehead atoms. The molecule has 0 radical (unpaired) electrons. The Labute approximate surface area is 209 Å². The van der Waals surface area contributed by atoms with E-state index >= 15 is 0 Å². The summed E-state index contributed by atoms with van der Waals surface area (Å²) in [6, 6.07) is 10.9. The Morgan fingerprint density at radius 2 is 1.94 bits per heavy atom. The summed E-state index contributed by atoms with van der Waals surface area (Å²) >= 11 is 0.968. The lowest BCUT2D eigenvalue weighted by atomic mass is 9.91. The van der Waals surface area contributed by atoms with Crippen LogP contribution in [0.2, 0.25) is 0 Å². The number of carboxylic acid groups (broad SMARTS) is 1. The molecular weight excluding hydrogens is 496 g/mol. The van der Waals surface area contributed by atoms with Gasteiger partial charge in [0.25, 0.3) is 0 Å². The third-order valence-electron chi connectivity index (χ3n) is 6.20. The fraction of sp³-hybridized carbons (Fsp3) is 0.296. The lowest BCUT2D eigenvalue weighted by Gasteiger charge is -2.17. The first-order chi connectivity index (χ1) is 17.1. The predicted molar refractivity (Wildman–Crippen MR) is 130 cm³/mol. The maximum atomic E-state index is 14.6. The molecule has 1 aliphatic carbocycles. The molecule has 0 unspecified atom stereocenters. The molecule has 3 aromatic rings. The molecule has 1 atom stereocenters. The summed E-state index contributed by atoms with van der Waals surface area (Å²) in [6.45, 7) is 3.05. The predicted octanol–water partition coefficient (Wildman–Crippen LogP) is 7.69. The average Bonchev–Trinajstić information content (AvgIpc) is 3.59. The molecule has 1 heterocycles. The van der Waals surface area contributed by atoms with Gasteiger partial charge in [0.1, 0.15) is 23.9 Å². The largest absolute Gasteiger partial charge is 0.497 e. The first-order valence-corrected chi connectivity index (χ1v) is 12.1. The second-order valence-electron chi connectivity index (χ2n) is 8.69. The number of rotatable bonds is 10. The van der Waals surface area contributed by atoms with Crippen LogP contribution >= 0.6 is 11.3 Å². The Balaban J connectivity index is 1.65. The molecule has 4 nitrogen and oxygen atoms in total. The number of halogens is 4. The normalized spacial score (nSPS) is 14.4. The third kappa shape index (κ3) is 5.73. The van der Waals surface area contributed by atoms with E-state index in [1.807, 2.05) is 6.07 Å². The Morgan fingerprint density at radius 1 is 1.19 bits per heavy atom. The van der Waals surface area contributed by atoms with Gasteiger partial charge in [-0.25, -0.2) is 4.39 Å². The summed E-state index contributed by atoms with van der Waals surface area (Å²) in [6.07, 6.45) is -2.80. The number of hydrogen-bond donors (Lipinski definition) is 1. The summed E-state index contributed by atoms with van der Waals surface area (Å²) in [5.74, 6) is -0.690. The first kappa shape index (κ1) is 25.8. The van der Waals surface area contributed by atoms with Crippen LogP contribution in [0.1, 0.15) is 41.9 Å². The molecule has 1 aliphatic rings. The fourth-order valence-corrected chi connectivity index (χ4v) is 5.32. The van der Waals surface area contributed by atoms with Crippen molar-refractivity contribution in [3.05, 3.63) is 76.9 Å². The zero-order valence-corrected chi connectivity index (χ0v) is 20.2. The van der Waals surface area contributed by atoms with Crippen molar-refractivity contribution >= 4 is 22.9 Å². The topological polar surface area (TPSA) is 55.8 Å². The molecule has 4 rings (SSSR count). The van der Waals surface area contributed by atoms with E-state index in [0.717, 1.165) is 35.8 Å². The van der Waals surface area contributed by atoms with E-state index in [9.17, 15) is 27.5 Å². The van der Waals surface area contributed by atoms with Crippen molar-refractivity contribution in [1.29, 1.82) is 0 Å². The van der Waals surface area contributed by atoms with Gasteiger partial charge in [-0.2, -0.15) is 13.2 Å². The molecular formula is C27H24F4O4S. The summed E-state index contributed by atoms with van der Waals surface area (Å²) in [5, 5.41) is 10.8. The van der Waals surface area contributed by atoms with E-state index in [1.54, 1.807) is 18.2 Å². The second-order valence-corrected chi connectivity index (χ2v) is 9.57. The number of aliphatic carboxylic acids is 1. The number of ether oxygens (including phenoxy) is 2. The Kier molecular flexibility index (Phi) is 7.40. The molecule has 1 N–H and O–H groups in total. The maximum Gasteiger partial charge on any atom is 0.416 e. The number of allylic oxidation sites excluding steroid dienone is 1. The number of hydrogen-bond acceptors (Lipinski definition) is 4. The van der Waals surface area contributed by atoms with Crippen LogP contribution in [0.3, 0.4) is 0 Å². The minimum absolute atomic E-state index is 0.00364. The molecule has 1 saturated carbocycles. The summed E-state index contributed by atoms with van der Waals surface area (Å²) in [7, 11) is 1.39. The molecule has 1 aromatic heterocycles. The molecule has 0 saturated heterocycles. The smallest absolute Gasteiger partial charge is 0.416 e. The second kappa shape index (κ2) is 10.3. The zero-order chi connectivity index (χ0) is 26.0. The van der Waals surface area contributed by atoms with Gasteiger partial charge in [0.2, 0.25) is 0 Å². The molecule has 0 aliphatic heterocycles. The third-order valence-corrected chi connectivity index (χ3v) is 7.26. The van der Waals surface area contributed by atoms with Crippen LogP contribution in [0.5, 0.6) is 11.5 Å². The van der Waals surface area contributed by atoms with Gasteiger partial charge in [-0.15, -0.1) is 11.3 Å². The van der Waals surface area contributed by atoms with Crippen molar-refractivity contribution in [2.24, 2.45) is 5.92 Å². The zero-order valence-electron chi connectivity index (χ0n) is 19.4. The highest BCUT2D eigenvalue weighted by atomic mass is 32.1. The van der Waals surface area contributed by atoms with Crippen LogP contribution in [-0.4, -0.2) is 24.4 Å². The number of benzene rings is 2. The van der Waals surface area contributed by atoms with Gasteiger partial charge >= 0.3 is 12.1 Å². The first-order valence-electron chi connectivity index (χ1n) is 11.2. The highest BCUT2D eigenvalue weighted by Crippen LogP contribution is 2.46. The van der Waals surface area contributed by atoms with Crippen molar-refractivity contribution in [3.63, 3.8) is 0 Å². The molecule has 9 heteroatoms. The monoisotopic (exact) mass is 520 g/mol. The van der Waals surface area contributed by atoms with Gasteiger partial charge in [-0.3, -0.25) is 4.79 Å². The van der Waals surface area contributed by atoms with E-state index in [-0.39, 0.29) is 40.5 Å². The number of methoxy groups -OCH3 is 1. The number of carboxylic acids is 1. The molecule has 0 spiro atoms. The SMILES string of the molecule is C=C(c1c(COc2cccc([C@@H](CC(=O)O)C3CC3)c2)csc1-c1cc(OC)ccc1F)C(F)(F)F. The minimum atomic E-state index is -4.73. The van der Waals surface area contributed by atoms with Crippen molar-refractivity contribution < 1.29 is 36.9 Å². The van der Waals surface area contributed by atoms with Crippen molar-refractivity contribution in [3.8, 4) is 21.9 Å².